The van der Waals surface area contributed by atoms with Gasteiger partial charge in [0, 0.05) is 13.3 Å². The standard InChI is InChI=1S/C20H35NO14/c1-6-8(25)3-9(26)19(31-6)35-17-15(29)13(27)10(4-22)33-20(17)34-16-11(5-23)32-18(30)12(14(16)28)21-7(2)24/h6,8-20,22-23,25-30H,3-5H2,1-2H3,(H,21,24)/t6-,8-,9-,10+,11+,12+,13-,14+,15-,16+,17+,18+,19-,20-/m0/s1. The van der Waals surface area contributed by atoms with E-state index in [2.05, 4.69) is 5.32 Å². The molecule has 0 spiro atoms. The third-order valence-corrected chi connectivity index (χ3v) is 6.34. The number of amides is 1. The Morgan fingerprint density at radius 1 is 0.829 bits per heavy atom. The van der Waals surface area contributed by atoms with Crippen molar-refractivity contribution in [2.45, 2.75) is 106 Å². The number of ether oxygens (including phenoxy) is 5. The van der Waals surface area contributed by atoms with Crippen LogP contribution in [0.25, 0.3) is 0 Å². The van der Waals surface area contributed by atoms with Gasteiger partial charge in [-0.1, -0.05) is 0 Å². The predicted molar refractivity (Wildman–Crippen MR) is 110 cm³/mol. The molecule has 3 saturated heterocycles. The maximum atomic E-state index is 11.5. The van der Waals surface area contributed by atoms with Gasteiger partial charge in [0.05, 0.1) is 25.4 Å². The minimum atomic E-state index is -1.73. The van der Waals surface area contributed by atoms with Gasteiger partial charge in [-0.25, -0.2) is 0 Å². The second kappa shape index (κ2) is 12.0. The summed E-state index contributed by atoms with van der Waals surface area (Å²) < 4.78 is 27.7. The highest BCUT2D eigenvalue weighted by atomic mass is 16.8. The number of aliphatic hydroxyl groups is 8. The Bertz CT molecular complexity index is 701. The van der Waals surface area contributed by atoms with Gasteiger partial charge >= 0.3 is 0 Å². The Balaban J connectivity index is 1.84. The fraction of sp³-hybridized carbons (Fsp3) is 0.950. The number of rotatable bonds is 7. The molecule has 15 nitrogen and oxygen atoms in total. The van der Waals surface area contributed by atoms with Crippen LogP contribution in [-0.4, -0.2) is 146 Å². The molecule has 3 aliphatic heterocycles. The topological polar surface area (TPSA) is 237 Å². The molecular weight excluding hydrogens is 478 g/mol. The summed E-state index contributed by atoms with van der Waals surface area (Å²) in [6, 6.07) is -1.35. The number of hydrogen-bond donors (Lipinski definition) is 9. The summed E-state index contributed by atoms with van der Waals surface area (Å²) in [5.41, 5.74) is 0. The molecule has 1 amide bonds. The first-order valence-electron chi connectivity index (χ1n) is 11.3. The number of hydrogen-bond acceptors (Lipinski definition) is 14. The van der Waals surface area contributed by atoms with Crippen molar-refractivity contribution in [3.05, 3.63) is 0 Å². The van der Waals surface area contributed by atoms with E-state index in [1.54, 1.807) is 6.92 Å². The lowest BCUT2D eigenvalue weighted by molar-refractivity contribution is -0.376. The highest BCUT2D eigenvalue weighted by molar-refractivity contribution is 5.73. The van der Waals surface area contributed by atoms with E-state index in [0.29, 0.717) is 0 Å². The van der Waals surface area contributed by atoms with Crippen molar-refractivity contribution in [3.8, 4) is 0 Å². The van der Waals surface area contributed by atoms with Crippen molar-refractivity contribution in [1.82, 2.24) is 5.32 Å². The molecule has 0 bridgehead atoms. The second-order valence-corrected chi connectivity index (χ2v) is 8.95. The Labute approximate surface area is 200 Å². The Kier molecular flexibility index (Phi) is 9.78. The summed E-state index contributed by atoms with van der Waals surface area (Å²) in [5, 5.41) is 83.7. The molecule has 35 heavy (non-hydrogen) atoms. The van der Waals surface area contributed by atoms with Gasteiger partial charge in [0.1, 0.15) is 54.9 Å². The Morgan fingerprint density at radius 2 is 1.46 bits per heavy atom. The summed E-state index contributed by atoms with van der Waals surface area (Å²) in [5.74, 6) is -0.591. The van der Waals surface area contributed by atoms with Crippen molar-refractivity contribution in [3.63, 3.8) is 0 Å². The predicted octanol–water partition coefficient (Wildman–Crippen LogP) is -5.37. The van der Waals surface area contributed by atoms with Gasteiger partial charge in [-0.15, -0.1) is 0 Å². The third-order valence-electron chi connectivity index (χ3n) is 6.34. The normalized spacial score (nSPS) is 49.0. The first-order chi connectivity index (χ1) is 16.5. The summed E-state index contributed by atoms with van der Waals surface area (Å²) in [6.07, 6.45) is -18.4. The molecule has 3 fully saturated rings. The first-order valence-corrected chi connectivity index (χ1v) is 11.3. The maximum Gasteiger partial charge on any atom is 0.217 e. The summed E-state index contributed by atoms with van der Waals surface area (Å²) in [6.45, 7) is 1.24. The minimum Gasteiger partial charge on any atom is -0.394 e. The van der Waals surface area contributed by atoms with Crippen LogP contribution in [0.1, 0.15) is 20.3 Å². The van der Waals surface area contributed by atoms with Gasteiger partial charge < -0.3 is 69.9 Å². The molecule has 3 aliphatic rings. The van der Waals surface area contributed by atoms with E-state index < -0.39 is 105 Å². The van der Waals surface area contributed by atoms with Crippen LogP contribution in [0.5, 0.6) is 0 Å². The van der Waals surface area contributed by atoms with Crippen molar-refractivity contribution < 1.29 is 69.3 Å². The smallest absolute Gasteiger partial charge is 0.217 e. The van der Waals surface area contributed by atoms with Crippen LogP contribution >= 0.6 is 0 Å². The van der Waals surface area contributed by atoms with E-state index in [1.807, 2.05) is 0 Å². The largest absolute Gasteiger partial charge is 0.394 e. The van der Waals surface area contributed by atoms with Crippen LogP contribution in [0.3, 0.4) is 0 Å². The van der Waals surface area contributed by atoms with Crippen LogP contribution in [0, 0.1) is 0 Å². The maximum absolute atomic E-state index is 11.5. The van der Waals surface area contributed by atoms with Gasteiger partial charge in [-0.05, 0) is 6.92 Å². The molecule has 0 saturated carbocycles. The summed E-state index contributed by atoms with van der Waals surface area (Å²) >= 11 is 0. The summed E-state index contributed by atoms with van der Waals surface area (Å²) in [7, 11) is 0. The number of carbonyl (C=O) groups is 1. The van der Waals surface area contributed by atoms with Gasteiger partial charge in [0.15, 0.2) is 18.9 Å². The molecule has 0 radical (unpaired) electrons. The zero-order valence-electron chi connectivity index (χ0n) is 19.2. The Morgan fingerprint density at radius 3 is 2.06 bits per heavy atom. The lowest BCUT2D eigenvalue weighted by Crippen LogP contribution is -2.67. The van der Waals surface area contributed by atoms with Gasteiger partial charge in [0.25, 0.3) is 0 Å². The van der Waals surface area contributed by atoms with E-state index in [9.17, 15) is 45.6 Å². The molecule has 0 unspecified atom stereocenters. The van der Waals surface area contributed by atoms with Crippen molar-refractivity contribution >= 4 is 5.91 Å². The van der Waals surface area contributed by atoms with Crippen molar-refractivity contribution in [1.29, 1.82) is 0 Å². The molecule has 15 heteroatoms. The lowest BCUT2D eigenvalue weighted by Gasteiger charge is -2.48. The highest BCUT2D eigenvalue weighted by Gasteiger charge is 2.52. The molecular formula is C20H35NO14. The SMILES string of the molecule is CC(=O)N[C@@H]1[C@@H](O)[C@H](O[C@@H]2O[C@H](CO)[C@H](O)[C@H](O)[C@H]2O[C@@H]2O[C@@H](C)[C@@H](O)C[C@@H]2O)[C@@H](CO)O[C@H]1O. The second-order valence-electron chi connectivity index (χ2n) is 8.95. The van der Waals surface area contributed by atoms with E-state index in [1.165, 1.54) is 0 Å². The minimum absolute atomic E-state index is 0.0963. The molecule has 3 rings (SSSR count). The quantitative estimate of drug-likeness (QED) is 0.155. The van der Waals surface area contributed by atoms with Crippen LogP contribution in [0.4, 0.5) is 0 Å². The average molecular weight is 513 g/mol. The van der Waals surface area contributed by atoms with E-state index in [-0.39, 0.29) is 6.42 Å². The van der Waals surface area contributed by atoms with Crippen molar-refractivity contribution in [2.24, 2.45) is 0 Å². The molecule has 204 valence electrons. The van der Waals surface area contributed by atoms with Crippen LogP contribution in [-0.2, 0) is 28.5 Å². The van der Waals surface area contributed by atoms with Crippen LogP contribution in [0.2, 0.25) is 0 Å². The van der Waals surface area contributed by atoms with Gasteiger partial charge in [0.2, 0.25) is 5.91 Å². The zero-order chi connectivity index (χ0) is 26.0. The third kappa shape index (κ3) is 6.27. The highest BCUT2D eigenvalue weighted by Crippen LogP contribution is 2.32. The fourth-order valence-corrected chi connectivity index (χ4v) is 4.33. The molecule has 9 N–H and O–H groups in total. The number of carbonyl (C=O) groups excluding carboxylic acids is 1. The van der Waals surface area contributed by atoms with E-state index >= 15 is 0 Å². The Hall–Kier alpha value is -1.05. The lowest BCUT2D eigenvalue weighted by atomic mass is 9.95. The molecule has 0 aromatic rings. The fourth-order valence-electron chi connectivity index (χ4n) is 4.33. The number of nitrogens with one attached hydrogen (secondary N) is 1. The monoisotopic (exact) mass is 513 g/mol. The van der Waals surface area contributed by atoms with Crippen LogP contribution < -0.4 is 5.32 Å². The first kappa shape index (κ1) is 28.5. The van der Waals surface area contributed by atoms with Gasteiger partial charge in [-0.2, -0.15) is 0 Å². The molecule has 0 aliphatic carbocycles. The van der Waals surface area contributed by atoms with Gasteiger partial charge in [-0.3, -0.25) is 4.79 Å². The molecule has 0 aromatic heterocycles. The zero-order valence-corrected chi connectivity index (χ0v) is 19.2. The summed E-state index contributed by atoms with van der Waals surface area (Å²) in [4.78, 5) is 11.5. The molecule has 0 aromatic carbocycles. The van der Waals surface area contributed by atoms with E-state index in [0.717, 1.165) is 6.92 Å². The molecule has 14 atom stereocenters. The van der Waals surface area contributed by atoms with E-state index in [4.69, 9.17) is 23.7 Å². The average Bonchev–Trinajstić information content (AvgIpc) is 2.80. The van der Waals surface area contributed by atoms with Crippen LogP contribution in [0.15, 0.2) is 0 Å². The molecule has 3 heterocycles. The number of aliphatic hydroxyl groups excluding tert-OH is 8. The van der Waals surface area contributed by atoms with Crippen molar-refractivity contribution in [2.75, 3.05) is 13.2 Å².